The molecule has 0 aliphatic rings. The minimum absolute atomic E-state index is 0.191. The van der Waals surface area contributed by atoms with Gasteiger partial charge in [0.25, 0.3) is 0 Å². The van der Waals surface area contributed by atoms with E-state index in [0.717, 1.165) is 27.9 Å². The van der Waals surface area contributed by atoms with Gasteiger partial charge in [0.15, 0.2) is 0 Å². The monoisotopic (exact) mass is 482 g/mol. The van der Waals surface area contributed by atoms with E-state index in [9.17, 15) is 14.7 Å². The molecule has 0 saturated carbocycles. The topological polar surface area (TPSA) is 88.5 Å². The second-order valence-corrected chi connectivity index (χ2v) is 11.9. The number of nitrogens with zero attached hydrogens (tertiary/aromatic N) is 1. The molecule has 1 aromatic carbocycles. The number of hydrogen-bond donors (Lipinski definition) is 2. The fourth-order valence-electron chi connectivity index (χ4n) is 4.37. The van der Waals surface area contributed by atoms with Crippen LogP contribution in [0.3, 0.4) is 0 Å². The number of pyridine rings is 1. The molecule has 1 unspecified atom stereocenters. The Hall–Kier alpha value is -2.89. The molecule has 1 amide bonds. The van der Waals surface area contributed by atoms with Crippen molar-refractivity contribution in [3.05, 3.63) is 52.3 Å². The number of amides is 1. The summed E-state index contributed by atoms with van der Waals surface area (Å²) in [4.78, 5) is 30.1. The molecule has 0 fully saturated rings. The Kier molecular flexibility index (Phi) is 8.75. The van der Waals surface area contributed by atoms with Crippen LogP contribution in [0.5, 0.6) is 0 Å². The molecule has 192 valence electrons. The van der Waals surface area contributed by atoms with Gasteiger partial charge in [-0.25, -0.2) is 4.79 Å². The fourth-order valence-corrected chi connectivity index (χ4v) is 4.37. The lowest BCUT2D eigenvalue weighted by Gasteiger charge is -2.32. The van der Waals surface area contributed by atoms with E-state index in [1.807, 2.05) is 79.7 Å². The molecule has 1 heterocycles. The molecule has 1 atom stereocenters. The largest absolute Gasteiger partial charge is 0.481 e. The van der Waals surface area contributed by atoms with Crippen LogP contribution in [0.15, 0.2) is 24.3 Å². The van der Waals surface area contributed by atoms with Gasteiger partial charge in [0.2, 0.25) is 0 Å². The van der Waals surface area contributed by atoms with Gasteiger partial charge < -0.3 is 15.2 Å². The maximum absolute atomic E-state index is 12.6. The minimum Gasteiger partial charge on any atom is -0.481 e. The quantitative estimate of drug-likeness (QED) is 0.453. The third-order valence-electron chi connectivity index (χ3n) is 5.76. The highest BCUT2D eigenvalue weighted by Crippen LogP contribution is 2.44. The molecule has 0 spiro atoms. The Morgan fingerprint density at radius 1 is 1.03 bits per heavy atom. The van der Waals surface area contributed by atoms with Gasteiger partial charge in [-0.15, -0.1) is 0 Å². The minimum atomic E-state index is -0.890. The Labute approximate surface area is 210 Å². The van der Waals surface area contributed by atoms with Gasteiger partial charge in [-0.2, -0.15) is 0 Å². The molecule has 1 aromatic heterocycles. The third kappa shape index (κ3) is 7.55. The number of carbonyl (C=O) groups excluding carboxylic acids is 1. The van der Waals surface area contributed by atoms with Crippen LogP contribution in [0.4, 0.5) is 4.79 Å². The van der Waals surface area contributed by atoms with Crippen LogP contribution < -0.4 is 5.32 Å². The summed E-state index contributed by atoms with van der Waals surface area (Å²) >= 11 is 0. The normalized spacial score (nSPS) is 13.0. The molecule has 35 heavy (non-hydrogen) atoms. The molecule has 2 aromatic rings. The van der Waals surface area contributed by atoms with Crippen molar-refractivity contribution in [3.8, 4) is 11.1 Å². The molecule has 6 nitrogen and oxygen atoms in total. The first-order valence-corrected chi connectivity index (χ1v) is 12.3. The average molecular weight is 483 g/mol. The van der Waals surface area contributed by atoms with E-state index in [1.165, 1.54) is 0 Å². The van der Waals surface area contributed by atoms with Crippen LogP contribution in [-0.2, 0) is 22.5 Å². The molecule has 0 aliphatic carbocycles. The van der Waals surface area contributed by atoms with E-state index in [1.54, 1.807) is 0 Å². The van der Waals surface area contributed by atoms with E-state index < -0.39 is 29.0 Å². The summed E-state index contributed by atoms with van der Waals surface area (Å²) in [6.07, 6.45) is 0.189. The maximum atomic E-state index is 12.6. The molecule has 2 N–H and O–H groups in total. The zero-order valence-electron chi connectivity index (χ0n) is 23.0. The zero-order chi connectivity index (χ0) is 26.7. The van der Waals surface area contributed by atoms with Crippen molar-refractivity contribution in [1.82, 2.24) is 10.3 Å². The Bertz CT molecular complexity index is 1060. The van der Waals surface area contributed by atoms with Gasteiger partial charge in [-0.1, -0.05) is 64.4 Å². The SMILES string of the molecule is Cc1ccc(-c2c(CNC(=O)OC(C)(C)C)c(CC(C)C)nc(C)c2C(C(=O)O)C(C)(C)C)cc1. The van der Waals surface area contributed by atoms with E-state index in [0.29, 0.717) is 23.6 Å². The molecule has 0 saturated heterocycles. The number of carboxylic acid groups (broad SMARTS) is 1. The number of aromatic nitrogens is 1. The van der Waals surface area contributed by atoms with Gasteiger partial charge in [-0.3, -0.25) is 9.78 Å². The highest BCUT2D eigenvalue weighted by Gasteiger charge is 2.37. The molecule has 0 bridgehead atoms. The van der Waals surface area contributed by atoms with Crippen LogP contribution in [0, 0.1) is 25.2 Å². The van der Waals surface area contributed by atoms with E-state index in [-0.39, 0.29) is 6.54 Å². The number of alkyl carbamates (subject to hydrolysis) is 1. The molecule has 6 heteroatoms. The lowest BCUT2D eigenvalue weighted by molar-refractivity contribution is -0.141. The summed E-state index contributed by atoms with van der Waals surface area (Å²) in [5.41, 5.74) is 4.80. The van der Waals surface area contributed by atoms with Crippen LogP contribution >= 0.6 is 0 Å². The van der Waals surface area contributed by atoms with E-state index in [2.05, 4.69) is 19.2 Å². The lowest BCUT2D eigenvalue weighted by Crippen LogP contribution is -2.33. The maximum Gasteiger partial charge on any atom is 0.407 e. The zero-order valence-corrected chi connectivity index (χ0v) is 23.0. The van der Waals surface area contributed by atoms with Gasteiger partial charge in [0, 0.05) is 23.5 Å². The van der Waals surface area contributed by atoms with Crippen molar-refractivity contribution < 1.29 is 19.4 Å². The Balaban J connectivity index is 2.86. The summed E-state index contributed by atoms with van der Waals surface area (Å²) in [6.45, 7) is 19.6. The Morgan fingerprint density at radius 2 is 1.60 bits per heavy atom. The van der Waals surface area contributed by atoms with Gasteiger partial charge in [0.1, 0.15) is 5.60 Å². The van der Waals surface area contributed by atoms with Gasteiger partial charge in [-0.05, 0) is 69.1 Å². The Morgan fingerprint density at radius 3 is 2.06 bits per heavy atom. The smallest absolute Gasteiger partial charge is 0.407 e. The van der Waals surface area contributed by atoms with Crippen LogP contribution in [0.25, 0.3) is 11.1 Å². The van der Waals surface area contributed by atoms with Crippen molar-refractivity contribution >= 4 is 12.1 Å². The van der Waals surface area contributed by atoms with Crippen molar-refractivity contribution in [2.75, 3.05) is 0 Å². The highest BCUT2D eigenvalue weighted by atomic mass is 16.6. The second-order valence-electron chi connectivity index (χ2n) is 11.9. The molecule has 2 rings (SSSR count). The number of benzene rings is 1. The summed E-state index contributed by atoms with van der Waals surface area (Å²) in [5.74, 6) is -1.34. The molecular weight excluding hydrogens is 440 g/mol. The molecular formula is C29H42N2O4. The number of aliphatic carboxylic acids is 1. The number of rotatable bonds is 7. The van der Waals surface area contributed by atoms with Crippen molar-refractivity contribution in [3.63, 3.8) is 0 Å². The van der Waals surface area contributed by atoms with Crippen molar-refractivity contribution in [2.24, 2.45) is 11.3 Å². The fraction of sp³-hybridized carbons (Fsp3) is 0.552. The number of ether oxygens (including phenoxy) is 1. The second kappa shape index (κ2) is 10.8. The number of hydrogen-bond acceptors (Lipinski definition) is 4. The summed E-state index contributed by atoms with van der Waals surface area (Å²) < 4.78 is 5.47. The van der Waals surface area contributed by atoms with Crippen LogP contribution in [0.1, 0.15) is 89.4 Å². The first-order chi connectivity index (χ1) is 16.0. The lowest BCUT2D eigenvalue weighted by atomic mass is 9.72. The summed E-state index contributed by atoms with van der Waals surface area (Å²) in [6, 6.07) is 8.08. The number of carbonyl (C=O) groups is 2. The highest BCUT2D eigenvalue weighted by molar-refractivity contribution is 5.84. The standard InChI is InChI=1S/C29H42N2O4/c1-17(2)15-22-21(16-30-27(34)35-29(8,9)10)24(20-13-11-18(3)12-14-20)23(19(4)31-22)25(26(32)33)28(5,6)7/h11-14,17,25H,15-16H2,1-10H3,(H,30,34)(H,32,33). The predicted octanol–water partition coefficient (Wildman–Crippen LogP) is 6.80. The van der Waals surface area contributed by atoms with E-state index >= 15 is 0 Å². The van der Waals surface area contributed by atoms with Crippen LogP contribution in [-0.4, -0.2) is 27.8 Å². The average Bonchev–Trinajstić information content (AvgIpc) is 2.66. The number of aryl methyl sites for hydroxylation is 2. The van der Waals surface area contributed by atoms with Crippen molar-refractivity contribution in [1.29, 1.82) is 0 Å². The summed E-state index contributed by atoms with van der Waals surface area (Å²) in [5, 5.41) is 13.2. The van der Waals surface area contributed by atoms with Crippen LogP contribution in [0.2, 0.25) is 0 Å². The predicted molar refractivity (Wildman–Crippen MR) is 141 cm³/mol. The molecule has 0 radical (unpaired) electrons. The number of nitrogens with one attached hydrogen (secondary N) is 1. The van der Waals surface area contributed by atoms with E-state index in [4.69, 9.17) is 9.72 Å². The molecule has 0 aliphatic heterocycles. The summed E-state index contributed by atoms with van der Waals surface area (Å²) in [7, 11) is 0. The van der Waals surface area contributed by atoms with Crippen molar-refractivity contribution in [2.45, 2.75) is 93.7 Å². The van der Waals surface area contributed by atoms with Gasteiger partial charge in [0.05, 0.1) is 5.92 Å². The number of carboxylic acids is 1. The first-order valence-electron chi connectivity index (χ1n) is 12.3. The third-order valence-corrected chi connectivity index (χ3v) is 5.76. The first kappa shape index (κ1) is 28.3. The van der Waals surface area contributed by atoms with Gasteiger partial charge >= 0.3 is 12.1 Å².